The number of nitrogens with one attached hydrogen (secondary N) is 2. The maximum atomic E-state index is 11.6. The Morgan fingerprint density at radius 1 is 1.32 bits per heavy atom. The molecule has 5 nitrogen and oxygen atoms in total. The van der Waals surface area contributed by atoms with Gasteiger partial charge in [0, 0.05) is 12.6 Å². The Morgan fingerprint density at radius 2 is 2.00 bits per heavy atom. The zero-order valence-electron chi connectivity index (χ0n) is 11.8. The van der Waals surface area contributed by atoms with Gasteiger partial charge in [-0.25, -0.2) is 4.99 Å². The van der Waals surface area contributed by atoms with Gasteiger partial charge in [0.15, 0.2) is 5.96 Å². The molecule has 6 heteroatoms. The third-order valence-corrected chi connectivity index (χ3v) is 3.20. The normalized spacial score (nSPS) is 16.6. The summed E-state index contributed by atoms with van der Waals surface area (Å²) in [5.74, 6) is 0.337. The highest BCUT2D eigenvalue weighted by Gasteiger charge is 2.15. The summed E-state index contributed by atoms with van der Waals surface area (Å²) in [5, 5.41) is 6.00. The topological polar surface area (TPSA) is 79.5 Å². The number of carbonyl (C=O) groups is 1. The van der Waals surface area contributed by atoms with Crippen LogP contribution in [-0.4, -0.2) is 31.0 Å². The third kappa shape index (κ3) is 9.07. The minimum Gasteiger partial charge on any atom is -0.370 e. The monoisotopic (exact) mass is 382 g/mol. The molecule has 0 radical (unpaired) electrons. The molecule has 0 atom stereocenters. The predicted molar refractivity (Wildman–Crippen MR) is 89.8 cm³/mol. The lowest BCUT2D eigenvalue weighted by molar-refractivity contribution is -0.120. The van der Waals surface area contributed by atoms with E-state index in [-0.39, 0.29) is 36.4 Å². The fourth-order valence-electron chi connectivity index (χ4n) is 2.13. The first kappa shape index (κ1) is 18.5. The van der Waals surface area contributed by atoms with Crippen LogP contribution in [0.3, 0.4) is 0 Å². The maximum absolute atomic E-state index is 11.6. The molecule has 1 aliphatic rings. The fourth-order valence-corrected chi connectivity index (χ4v) is 2.13. The molecule has 4 N–H and O–H groups in total. The molecule has 1 fully saturated rings. The summed E-state index contributed by atoms with van der Waals surface area (Å²) in [6.45, 7) is 3.06. The highest BCUT2D eigenvalue weighted by Crippen LogP contribution is 2.17. The van der Waals surface area contributed by atoms with Gasteiger partial charge < -0.3 is 16.4 Å². The fraction of sp³-hybridized carbons (Fsp3) is 0.846. The van der Waals surface area contributed by atoms with E-state index in [1.54, 1.807) is 0 Å². The Morgan fingerprint density at radius 3 is 2.63 bits per heavy atom. The SMILES string of the molecule is CCCCNC(N)=NCC(=O)NC1CCCCC1.I. The van der Waals surface area contributed by atoms with Crippen molar-refractivity contribution >= 4 is 35.8 Å². The number of halogens is 1. The molecule has 112 valence electrons. The van der Waals surface area contributed by atoms with E-state index in [0.717, 1.165) is 32.2 Å². The van der Waals surface area contributed by atoms with Crippen LogP contribution in [0, 0.1) is 0 Å². The van der Waals surface area contributed by atoms with Gasteiger partial charge in [-0.1, -0.05) is 32.6 Å². The van der Waals surface area contributed by atoms with Gasteiger partial charge >= 0.3 is 0 Å². The van der Waals surface area contributed by atoms with Crippen LogP contribution in [0.4, 0.5) is 0 Å². The summed E-state index contributed by atoms with van der Waals surface area (Å²) in [4.78, 5) is 15.7. The van der Waals surface area contributed by atoms with Crippen molar-refractivity contribution < 1.29 is 4.79 Å². The Kier molecular flexibility index (Phi) is 11.0. The molecule has 0 heterocycles. The number of nitrogens with zero attached hydrogens (tertiary/aromatic N) is 1. The lowest BCUT2D eigenvalue weighted by Gasteiger charge is -2.22. The second kappa shape index (κ2) is 11.3. The molecule has 0 saturated heterocycles. The summed E-state index contributed by atoms with van der Waals surface area (Å²) in [7, 11) is 0. The molecule has 1 amide bonds. The van der Waals surface area contributed by atoms with E-state index in [9.17, 15) is 4.79 Å². The number of hydrogen-bond donors (Lipinski definition) is 3. The molecular weight excluding hydrogens is 355 g/mol. The summed E-state index contributed by atoms with van der Waals surface area (Å²) < 4.78 is 0. The largest absolute Gasteiger partial charge is 0.370 e. The van der Waals surface area contributed by atoms with Crippen molar-refractivity contribution in [1.29, 1.82) is 0 Å². The highest BCUT2D eigenvalue weighted by molar-refractivity contribution is 14.0. The minimum absolute atomic E-state index is 0. The summed E-state index contributed by atoms with van der Waals surface area (Å²) >= 11 is 0. The molecule has 1 rings (SSSR count). The molecule has 0 unspecified atom stereocenters. The van der Waals surface area contributed by atoms with Crippen LogP contribution < -0.4 is 16.4 Å². The molecule has 19 heavy (non-hydrogen) atoms. The second-order valence-corrected chi connectivity index (χ2v) is 4.88. The third-order valence-electron chi connectivity index (χ3n) is 3.20. The van der Waals surface area contributed by atoms with Crippen molar-refractivity contribution in [2.75, 3.05) is 13.1 Å². The number of aliphatic imine (C=N–C) groups is 1. The number of rotatable bonds is 6. The number of nitrogens with two attached hydrogens (primary N) is 1. The molecule has 0 aromatic heterocycles. The highest BCUT2D eigenvalue weighted by atomic mass is 127. The Hall–Kier alpha value is -0.530. The van der Waals surface area contributed by atoms with E-state index in [2.05, 4.69) is 22.5 Å². The van der Waals surface area contributed by atoms with Gasteiger partial charge in [0.2, 0.25) is 5.91 Å². The van der Waals surface area contributed by atoms with Gasteiger partial charge in [-0.2, -0.15) is 0 Å². The average Bonchev–Trinajstić information content (AvgIpc) is 2.38. The molecule has 0 aliphatic heterocycles. The number of amides is 1. The number of guanidine groups is 1. The molecule has 0 aromatic rings. The molecule has 1 aliphatic carbocycles. The lowest BCUT2D eigenvalue weighted by Crippen LogP contribution is -2.39. The zero-order valence-corrected chi connectivity index (χ0v) is 14.1. The van der Waals surface area contributed by atoms with Crippen LogP contribution >= 0.6 is 24.0 Å². The van der Waals surface area contributed by atoms with Gasteiger partial charge in [0.1, 0.15) is 6.54 Å². The van der Waals surface area contributed by atoms with Gasteiger partial charge in [-0.05, 0) is 19.3 Å². The predicted octanol–water partition coefficient (Wildman–Crippen LogP) is 1.76. The van der Waals surface area contributed by atoms with E-state index in [1.165, 1.54) is 19.3 Å². The summed E-state index contributed by atoms with van der Waals surface area (Å²) in [5.41, 5.74) is 5.65. The van der Waals surface area contributed by atoms with Gasteiger partial charge in [0.05, 0.1) is 0 Å². The lowest BCUT2D eigenvalue weighted by atomic mass is 9.95. The molecular formula is C13H27IN4O. The maximum Gasteiger partial charge on any atom is 0.242 e. The Balaban J connectivity index is 0.00000324. The van der Waals surface area contributed by atoms with Gasteiger partial charge in [0.25, 0.3) is 0 Å². The Labute approximate surface area is 133 Å². The number of unbranched alkanes of at least 4 members (excludes halogenated alkanes) is 1. The van der Waals surface area contributed by atoms with Gasteiger partial charge in [-0.15, -0.1) is 24.0 Å². The van der Waals surface area contributed by atoms with E-state index in [0.29, 0.717) is 12.0 Å². The van der Waals surface area contributed by atoms with Crippen molar-refractivity contribution in [3.63, 3.8) is 0 Å². The van der Waals surface area contributed by atoms with Crippen molar-refractivity contribution in [2.45, 2.75) is 57.9 Å². The van der Waals surface area contributed by atoms with Gasteiger partial charge in [-0.3, -0.25) is 4.79 Å². The van der Waals surface area contributed by atoms with Crippen molar-refractivity contribution in [3.8, 4) is 0 Å². The standard InChI is InChI=1S/C13H26N4O.HI/c1-2-3-9-15-13(14)16-10-12(18)17-11-7-5-4-6-8-11;/h11H,2-10H2,1H3,(H,17,18)(H3,14,15,16);1H. The van der Waals surface area contributed by atoms with Crippen LogP contribution in [0.15, 0.2) is 4.99 Å². The van der Waals surface area contributed by atoms with E-state index >= 15 is 0 Å². The quantitative estimate of drug-likeness (QED) is 0.284. The zero-order chi connectivity index (χ0) is 13.2. The van der Waals surface area contributed by atoms with Crippen LogP contribution in [0.5, 0.6) is 0 Å². The molecule has 1 saturated carbocycles. The molecule has 0 spiro atoms. The van der Waals surface area contributed by atoms with Crippen molar-refractivity contribution in [2.24, 2.45) is 10.7 Å². The first-order valence-electron chi connectivity index (χ1n) is 7.05. The van der Waals surface area contributed by atoms with Crippen molar-refractivity contribution in [3.05, 3.63) is 0 Å². The smallest absolute Gasteiger partial charge is 0.242 e. The Bertz CT molecular complexity index is 278. The average molecular weight is 382 g/mol. The van der Waals surface area contributed by atoms with Crippen LogP contribution in [0.25, 0.3) is 0 Å². The van der Waals surface area contributed by atoms with E-state index < -0.39 is 0 Å². The first-order chi connectivity index (χ1) is 8.72. The minimum atomic E-state index is -0.0258. The van der Waals surface area contributed by atoms with E-state index in [1.807, 2.05) is 0 Å². The number of carbonyl (C=O) groups excluding carboxylic acids is 1. The summed E-state index contributed by atoms with van der Waals surface area (Å²) in [6.07, 6.45) is 8.09. The van der Waals surface area contributed by atoms with Crippen LogP contribution in [0.2, 0.25) is 0 Å². The summed E-state index contributed by atoms with van der Waals surface area (Å²) in [6, 6.07) is 0.343. The molecule has 0 bridgehead atoms. The second-order valence-electron chi connectivity index (χ2n) is 4.88. The van der Waals surface area contributed by atoms with Crippen molar-refractivity contribution in [1.82, 2.24) is 10.6 Å². The van der Waals surface area contributed by atoms with E-state index in [4.69, 9.17) is 5.73 Å². The van der Waals surface area contributed by atoms with Crippen LogP contribution in [0.1, 0.15) is 51.9 Å². The number of hydrogen-bond acceptors (Lipinski definition) is 2. The molecule has 0 aromatic carbocycles. The first-order valence-corrected chi connectivity index (χ1v) is 7.05. The van der Waals surface area contributed by atoms with Crippen LogP contribution in [-0.2, 0) is 4.79 Å².